The highest BCUT2D eigenvalue weighted by Crippen LogP contribution is 2.42. The van der Waals surface area contributed by atoms with Gasteiger partial charge in [0.25, 0.3) is 0 Å². The van der Waals surface area contributed by atoms with Crippen LogP contribution in [0.2, 0.25) is 0 Å². The molecule has 152 valence electrons. The van der Waals surface area contributed by atoms with E-state index in [1.165, 1.54) is 12.1 Å². The van der Waals surface area contributed by atoms with E-state index in [-0.39, 0.29) is 18.0 Å². The zero-order valence-electron chi connectivity index (χ0n) is 16.8. The molecular weight excluding hydrogens is 354 g/mol. The molecule has 3 saturated heterocycles. The van der Waals surface area contributed by atoms with Crippen molar-refractivity contribution in [3.63, 3.8) is 0 Å². The van der Waals surface area contributed by atoms with E-state index in [2.05, 4.69) is 27.3 Å². The van der Waals surface area contributed by atoms with Crippen molar-refractivity contribution in [2.24, 2.45) is 5.41 Å². The summed E-state index contributed by atoms with van der Waals surface area (Å²) >= 11 is 0. The fourth-order valence-electron chi connectivity index (χ4n) is 4.87. The number of pyridine rings is 1. The maximum Gasteiger partial charge on any atom is 0.320 e. The van der Waals surface area contributed by atoms with Gasteiger partial charge in [0.05, 0.1) is 0 Å². The van der Waals surface area contributed by atoms with Gasteiger partial charge in [-0.25, -0.2) is 4.79 Å². The van der Waals surface area contributed by atoms with Gasteiger partial charge < -0.3 is 20.0 Å². The van der Waals surface area contributed by atoms with Gasteiger partial charge in [-0.3, -0.25) is 9.78 Å². The second-order valence-electron chi connectivity index (χ2n) is 8.50. The van der Waals surface area contributed by atoms with Crippen LogP contribution in [0.4, 0.5) is 10.5 Å². The minimum atomic E-state index is 0.0687. The molecule has 1 unspecified atom stereocenters. The Labute approximate surface area is 167 Å². The van der Waals surface area contributed by atoms with Gasteiger partial charge in [-0.05, 0) is 43.2 Å². The number of hydrogen-bond acceptors (Lipinski definition) is 4. The topological polar surface area (TPSA) is 68.8 Å². The van der Waals surface area contributed by atoms with Crippen LogP contribution in [-0.2, 0) is 4.79 Å². The molecule has 3 fully saturated rings. The average Bonchev–Trinajstić information content (AvgIpc) is 3.36. The van der Waals surface area contributed by atoms with Gasteiger partial charge in [-0.1, -0.05) is 6.92 Å². The molecule has 1 spiro atoms. The fraction of sp³-hybridized carbons (Fsp3) is 0.667. The largest absolute Gasteiger partial charge is 0.371 e. The third-order valence-corrected chi connectivity index (χ3v) is 6.71. The minimum Gasteiger partial charge on any atom is -0.371 e. The number of rotatable bonds is 3. The highest BCUT2D eigenvalue weighted by Gasteiger charge is 2.42. The quantitative estimate of drug-likeness (QED) is 0.865. The number of hydrogen-bond donors (Lipinski definition) is 1. The van der Waals surface area contributed by atoms with Crippen molar-refractivity contribution in [1.29, 1.82) is 0 Å². The monoisotopic (exact) mass is 385 g/mol. The van der Waals surface area contributed by atoms with Crippen LogP contribution in [0.1, 0.15) is 39.0 Å². The van der Waals surface area contributed by atoms with E-state index in [9.17, 15) is 9.59 Å². The zero-order valence-corrected chi connectivity index (χ0v) is 16.8. The summed E-state index contributed by atoms with van der Waals surface area (Å²) in [6.07, 6.45) is 8.41. The van der Waals surface area contributed by atoms with E-state index in [1.54, 1.807) is 0 Å². The summed E-state index contributed by atoms with van der Waals surface area (Å²) in [6.45, 7) is 7.08. The third-order valence-electron chi connectivity index (χ3n) is 6.71. The lowest BCUT2D eigenvalue weighted by molar-refractivity contribution is -0.121. The standard InChI is InChI=1S/C21H31N5O2/c1-2-19(27)23-17-5-11-25(15-17)20(28)24-12-6-21(7-13-24)8-14-26(16-21)18-3-9-22-10-4-18/h3-4,9-10,17H,2,5-8,11-16H2,1H3,(H,23,27). The van der Waals surface area contributed by atoms with E-state index >= 15 is 0 Å². The Bertz CT molecular complexity index is 702. The molecule has 28 heavy (non-hydrogen) atoms. The number of amides is 3. The first-order chi connectivity index (χ1) is 13.6. The average molecular weight is 386 g/mol. The number of likely N-dealkylation sites (tertiary alicyclic amines) is 2. The Kier molecular flexibility index (Phi) is 5.42. The summed E-state index contributed by atoms with van der Waals surface area (Å²) in [7, 11) is 0. The second kappa shape index (κ2) is 7.97. The molecule has 4 heterocycles. The summed E-state index contributed by atoms with van der Waals surface area (Å²) in [5.74, 6) is 0.0687. The van der Waals surface area contributed by atoms with E-state index in [4.69, 9.17) is 0 Å². The molecule has 0 saturated carbocycles. The van der Waals surface area contributed by atoms with Crippen molar-refractivity contribution in [1.82, 2.24) is 20.1 Å². The van der Waals surface area contributed by atoms with Crippen molar-refractivity contribution in [3.8, 4) is 0 Å². The molecule has 0 radical (unpaired) electrons. The summed E-state index contributed by atoms with van der Waals surface area (Å²) in [6, 6.07) is 4.42. The van der Waals surface area contributed by atoms with Gasteiger partial charge in [-0.15, -0.1) is 0 Å². The smallest absolute Gasteiger partial charge is 0.320 e. The molecule has 7 heteroatoms. The van der Waals surface area contributed by atoms with E-state index in [0.717, 1.165) is 52.0 Å². The van der Waals surface area contributed by atoms with Crippen LogP contribution in [0.5, 0.6) is 0 Å². The van der Waals surface area contributed by atoms with Crippen LogP contribution in [0.3, 0.4) is 0 Å². The number of anilines is 1. The lowest BCUT2D eigenvalue weighted by atomic mass is 9.78. The first-order valence-electron chi connectivity index (χ1n) is 10.6. The molecule has 1 aromatic heterocycles. The van der Waals surface area contributed by atoms with Gasteiger partial charge >= 0.3 is 6.03 Å². The molecule has 4 rings (SSSR count). The van der Waals surface area contributed by atoms with Crippen molar-refractivity contribution >= 4 is 17.6 Å². The third kappa shape index (κ3) is 3.93. The molecule has 7 nitrogen and oxygen atoms in total. The van der Waals surface area contributed by atoms with Crippen molar-refractivity contribution in [2.75, 3.05) is 44.2 Å². The maximum absolute atomic E-state index is 12.9. The van der Waals surface area contributed by atoms with Crippen molar-refractivity contribution in [3.05, 3.63) is 24.5 Å². The molecular formula is C21H31N5O2. The van der Waals surface area contributed by atoms with Crippen LogP contribution >= 0.6 is 0 Å². The zero-order chi connectivity index (χ0) is 19.6. The van der Waals surface area contributed by atoms with Gasteiger partial charge in [0.15, 0.2) is 0 Å². The Morgan fingerprint density at radius 1 is 1.11 bits per heavy atom. The summed E-state index contributed by atoms with van der Waals surface area (Å²) < 4.78 is 0. The van der Waals surface area contributed by atoms with Crippen LogP contribution < -0.4 is 10.2 Å². The van der Waals surface area contributed by atoms with Crippen LogP contribution in [-0.4, -0.2) is 72.0 Å². The molecule has 1 aromatic rings. The molecule has 3 aliphatic rings. The van der Waals surface area contributed by atoms with Crippen LogP contribution in [0.15, 0.2) is 24.5 Å². The Morgan fingerprint density at radius 2 is 1.82 bits per heavy atom. The minimum absolute atomic E-state index is 0.0687. The van der Waals surface area contributed by atoms with Gasteiger partial charge in [0.2, 0.25) is 5.91 Å². The molecule has 3 aliphatic heterocycles. The SMILES string of the molecule is CCC(=O)NC1CCN(C(=O)N2CCC3(CC2)CCN(c2ccncc2)C3)C1. The Balaban J connectivity index is 1.28. The number of carbonyl (C=O) groups excluding carboxylic acids is 2. The predicted molar refractivity (Wildman–Crippen MR) is 108 cm³/mol. The number of carbonyl (C=O) groups is 2. The molecule has 1 atom stereocenters. The summed E-state index contributed by atoms with van der Waals surface area (Å²) in [5.41, 5.74) is 1.59. The number of urea groups is 1. The Morgan fingerprint density at radius 3 is 2.54 bits per heavy atom. The predicted octanol–water partition coefficient (Wildman–Crippen LogP) is 2.09. The van der Waals surface area contributed by atoms with E-state index < -0.39 is 0 Å². The number of nitrogens with one attached hydrogen (secondary N) is 1. The normalized spacial score (nSPS) is 24.0. The molecule has 0 bridgehead atoms. The molecule has 3 amide bonds. The first kappa shape index (κ1) is 19.0. The summed E-state index contributed by atoms with van der Waals surface area (Å²) in [5, 5.41) is 3.02. The maximum atomic E-state index is 12.9. The number of piperidine rings is 1. The van der Waals surface area contributed by atoms with Gasteiger partial charge in [-0.2, -0.15) is 0 Å². The lowest BCUT2D eigenvalue weighted by Gasteiger charge is -2.40. The molecule has 1 N–H and O–H groups in total. The van der Waals surface area contributed by atoms with Crippen molar-refractivity contribution in [2.45, 2.75) is 45.1 Å². The Hall–Kier alpha value is -2.31. The van der Waals surface area contributed by atoms with Gasteiger partial charge in [0, 0.05) is 69.8 Å². The lowest BCUT2D eigenvalue weighted by Crippen LogP contribution is -2.49. The molecule has 0 aromatic carbocycles. The highest BCUT2D eigenvalue weighted by atomic mass is 16.2. The van der Waals surface area contributed by atoms with Crippen LogP contribution in [0, 0.1) is 5.41 Å². The van der Waals surface area contributed by atoms with Gasteiger partial charge in [0.1, 0.15) is 0 Å². The molecule has 0 aliphatic carbocycles. The summed E-state index contributed by atoms with van der Waals surface area (Å²) in [4.78, 5) is 35.0. The fourth-order valence-corrected chi connectivity index (χ4v) is 4.87. The van der Waals surface area contributed by atoms with Crippen molar-refractivity contribution < 1.29 is 9.59 Å². The second-order valence-corrected chi connectivity index (χ2v) is 8.50. The first-order valence-corrected chi connectivity index (χ1v) is 10.6. The number of nitrogens with zero attached hydrogens (tertiary/aromatic N) is 4. The number of aromatic nitrogens is 1. The highest BCUT2D eigenvalue weighted by molar-refractivity contribution is 5.77. The van der Waals surface area contributed by atoms with E-state index in [1.807, 2.05) is 29.1 Å². The van der Waals surface area contributed by atoms with E-state index in [0.29, 0.717) is 18.4 Å². The van der Waals surface area contributed by atoms with Crippen LogP contribution in [0.25, 0.3) is 0 Å².